The van der Waals surface area contributed by atoms with Crippen LogP contribution in [-0.4, -0.2) is 17.1 Å². The van der Waals surface area contributed by atoms with Crippen molar-refractivity contribution in [1.29, 1.82) is 0 Å². The number of methoxy groups -OCH3 is 1. The zero-order valence-corrected chi connectivity index (χ0v) is 12.0. The second-order valence-corrected chi connectivity index (χ2v) is 4.67. The highest BCUT2D eigenvalue weighted by molar-refractivity contribution is 6.32. The van der Waals surface area contributed by atoms with E-state index in [-0.39, 0.29) is 11.0 Å². The number of anilines is 2. The molecule has 0 saturated heterocycles. The monoisotopic (exact) mass is 337 g/mol. The predicted molar refractivity (Wildman–Crippen MR) is 73.3 cm³/mol. The highest BCUT2D eigenvalue weighted by Crippen LogP contribution is 2.31. The van der Waals surface area contributed by atoms with Gasteiger partial charge in [-0.2, -0.15) is 13.2 Å². The summed E-state index contributed by atoms with van der Waals surface area (Å²) in [5, 5.41) is 2.66. The van der Waals surface area contributed by atoms with Gasteiger partial charge in [-0.15, -0.1) is 0 Å². The summed E-state index contributed by atoms with van der Waals surface area (Å²) in [6.07, 6.45) is -4.68. The van der Waals surface area contributed by atoms with Crippen molar-refractivity contribution in [3.05, 3.63) is 40.3 Å². The molecule has 0 fully saturated rings. The quantitative estimate of drug-likeness (QED) is 0.834. The van der Waals surface area contributed by atoms with Crippen LogP contribution >= 0.6 is 23.2 Å². The zero-order chi connectivity index (χ0) is 15.6. The molecule has 0 spiro atoms. The van der Waals surface area contributed by atoms with Crippen LogP contribution in [0.1, 0.15) is 5.82 Å². The normalized spacial score (nSPS) is 11.3. The van der Waals surface area contributed by atoms with E-state index in [0.29, 0.717) is 16.5 Å². The fraction of sp³-hybridized carbons (Fsp3) is 0.167. The molecule has 0 bridgehead atoms. The van der Waals surface area contributed by atoms with Gasteiger partial charge in [0.25, 0.3) is 0 Å². The van der Waals surface area contributed by atoms with E-state index in [4.69, 9.17) is 27.9 Å². The molecular weight excluding hydrogens is 330 g/mol. The van der Waals surface area contributed by atoms with Gasteiger partial charge in [0, 0.05) is 11.8 Å². The molecule has 0 radical (unpaired) electrons. The van der Waals surface area contributed by atoms with Gasteiger partial charge in [-0.3, -0.25) is 0 Å². The first-order valence-electron chi connectivity index (χ1n) is 5.52. The second-order valence-electron chi connectivity index (χ2n) is 3.87. The Bertz CT molecular complexity index is 665. The Hall–Kier alpha value is -1.73. The largest absolute Gasteiger partial charge is 0.495 e. The molecular formula is C12H8Cl2F3N3O. The van der Waals surface area contributed by atoms with Crippen molar-refractivity contribution in [1.82, 2.24) is 9.97 Å². The summed E-state index contributed by atoms with van der Waals surface area (Å²) in [5.41, 5.74) is 0.434. The lowest BCUT2D eigenvalue weighted by molar-refractivity contribution is -0.144. The third-order valence-corrected chi connectivity index (χ3v) is 2.86. The van der Waals surface area contributed by atoms with E-state index in [1.54, 1.807) is 12.1 Å². The number of aromatic nitrogens is 2. The molecule has 0 saturated carbocycles. The Labute approximate surface area is 127 Å². The van der Waals surface area contributed by atoms with Crippen LogP contribution in [0.25, 0.3) is 0 Å². The van der Waals surface area contributed by atoms with Crippen molar-refractivity contribution >= 4 is 34.7 Å². The van der Waals surface area contributed by atoms with Crippen LogP contribution in [0.15, 0.2) is 24.3 Å². The number of halogens is 5. The molecule has 0 aliphatic carbocycles. The summed E-state index contributed by atoms with van der Waals surface area (Å²) in [6.45, 7) is 0. The van der Waals surface area contributed by atoms with Crippen molar-refractivity contribution in [2.75, 3.05) is 12.4 Å². The number of hydrogen-bond donors (Lipinski definition) is 1. The van der Waals surface area contributed by atoms with Gasteiger partial charge in [0.15, 0.2) is 0 Å². The summed E-state index contributed by atoms with van der Waals surface area (Å²) in [7, 11) is 1.45. The van der Waals surface area contributed by atoms with Crippen molar-refractivity contribution in [2.24, 2.45) is 0 Å². The van der Waals surface area contributed by atoms with E-state index < -0.39 is 12.0 Å². The summed E-state index contributed by atoms with van der Waals surface area (Å²) in [6, 6.07) is 5.81. The molecule has 112 valence electrons. The fourth-order valence-corrected chi connectivity index (χ4v) is 1.94. The molecule has 0 unspecified atom stereocenters. The minimum atomic E-state index is -4.68. The van der Waals surface area contributed by atoms with Gasteiger partial charge in [-0.25, -0.2) is 9.97 Å². The predicted octanol–water partition coefficient (Wildman–Crippen LogP) is 4.55. The third-order valence-electron chi connectivity index (χ3n) is 2.37. The molecule has 21 heavy (non-hydrogen) atoms. The topological polar surface area (TPSA) is 47.0 Å². The number of rotatable bonds is 3. The number of nitrogens with zero attached hydrogens (tertiary/aromatic N) is 2. The Morgan fingerprint density at radius 2 is 1.86 bits per heavy atom. The SMILES string of the molecule is COc1ccc(Nc2cc(Cl)nc(C(F)(F)F)n2)cc1Cl. The lowest BCUT2D eigenvalue weighted by atomic mass is 10.3. The average Bonchev–Trinajstić information content (AvgIpc) is 2.37. The van der Waals surface area contributed by atoms with Gasteiger partial charge < -0.3 is 10.1 Å². The lowest BCUT2D eigenvalue weighted by Gasteiger charge is -2.11. The molecule has 1 N–H and O–H groups in total. The van der Waals surface area contributed by atoms with Gasteiger partial charge in [-0.05, 0) is 18.2 Å². The number of ether oxygens (including phenoxy) is 1. The molecule has 0 atom stereocenters. The maximum Gasteiger partial charge on any atom is 0.451 e. The van der Waals surface area contributed by atoms with Gasteiger partial charge in [-0.1, -0.05) is 23.2 Å². The molecule has 1 heterocycles. The highest BCUT2D eigenvalue weighted by atomic mass is 35.5. The van der Waals surface area contributed by atoms with Crippen molar-refractivity contribution in [3.8, 4) is 5.75 Å². The molecule has 4 nitrogen and oxygen atoms in total. The molecule has 0 aliphatic rings. The van der Waals surface area contributed by atoms with E-state index in [2.05, 4.69) is 15.3 Å². The van der Waals surface area contributed by atoms with Gasteiger partial charge in [0.1, 0.15) is 16.7 Å². The number of hydrogen-bond acceptors (Lipinski definition) is 4. The van der Waals surface area contributed by atoms with E-state index in [0.717, 1.165) is 0 Å². The maximum absolute atomic E-state index is 12.6. The Morgan fingerprint density at radius 1 is 1.14 bits per heavy atom. The molecule has 9 heteroatoms. The van der Waals surface area contributed by atoms with Crippen LogP contribution < -0.4 is 10.1 Å². The van der Waals surface area contributed by atoms with Gasteiger partial charge in [0.2, 0.25) is 5.82 Å². The van der Waals surface area contributed by atoms with Crippen LogP contribution in [0.3, 0.4) is 0 Å². The summed E-state index contributed by atoms with van der Waals surface area (Å²) < 4.78 is 42.8. The molecule has 1 aromatic heterocycles. The summed E-state index contributed by atoms with van der Waals surface area (Å²) >= 11 is 11.5. The molecule has 1 aromatic carbocycles. The van der Waals surface area contributed by atoms with Gasteiger partial charge >= 0.3 is 6.18 Å². The van der Waals surface area contributed by atoms with Crippen molar-refractivity contribution < 1.29 is 17.9 Å². The number of alkyl halides is 3. The van der Waals surface area contributed by atoms with E-state index in [1.807, 2.05) is 0 Å². The Balaban J connectivity index is 2.31. The number of benzene rings is 1. The maximum atomic E-state index is 12.6. The van der Waals surface area contributed by atoms with Crippen LogP contribution in [0.2, 0.25) is 10.2 Å². The van der Waals surface area contributed by atoms with Gasteiger partial charge in [0.05, 0.1) is 12.1 Å². The van der Waals surface area contributed by atoms with E-state index in [1.165, 1.54) is 19.2 Å². The van der Waals surface area contributed by atoms with Crippen LogP contribution in [-0.2, 0) is 6.18 Å². The molecule has 0 amide bonds. The Morgan fingerprint density at radius 3 is 2.43 bits per heavy atom. The minimum Gasteiger partial charge on any atom is -0.495 e. The minimum absolute atomic E-state index is 0.0939. The molecule has 0 aliphatic heterocycles. The van der Waals surface area contributed by atoms with Crippen molar-refractivity contribution in [3.63, 3.8) is 0 Å². The van der Waals surface area contributed by atoms with Crippen LogP contribution in [0.4, 0.5) is 24.7 Å². The highest BCUT2D eigenvalue weighted by Gasteiger charge is 2.35. The smallest absolute Gasteiger partial charge is 0.451 e. The molecule has 2 aromatic rings. The lowest BCUT2D eigenvalue weighted by Crippen LogP contribution is -2.12. The second kappa shape index (κ2) is 5.95. The van der Waals surface area contributed by atoms with E-state index in [9.17, 15) is 13.2 Å². The zero-order valence-electron chi connectivity index (χ0n) is 10.5. The Kier molecular flexibility index (Phi) is 4.43. The van der Waals surface area contributed by atoms with E-state index >= 15 is 0 Å². The fourth-order valence-electron chi connectivity index (χ4n) is 1.50. The first kappa shape index (κ1) is 15.7. The van der Waals surface area contributed by atoms with Crippen molar-refractivity contribution in [2.45, 2.75) is 6.18 Å². The first-order chi connectivity index (χ1) is 9.79. The standard InChI is InChI=1S/C12H8Cl2F3N3O/c1-21-8-3-2-6(4-7(8)13)18-10-5-9(14)19-11(20-10)12(15,16)17/h2-5H,1H3,(H,18,19,20). The first-order valence-corrected chi connectivity index (χ1v) is 6.27. The summed E-state index contributed by atoms with van der Waals surface area (Å²) in [5.74, 6) is -0.973. The third kappa shape index (κ3) is 3.89. The van der Waals surface area contributed by atoms with Crippen LogP contribution in [0, 0.1) is 0 Å². The summed E-state index contributed by atoms with van der Waals surface area (Å²) in [4.78, 5) is 6.50. The molecule has 2 rings (SSSR count). The van der Waals surface area contributed by atoms with Crippen LogP contribution in [0.5, 0.6) is 5.75 Å². The number of nitrogens with one attached hydrogen (secondary N) is 1. The average molecular weight is 338 g/mol.